The Morgan fingerprint density at radius 1 is 0.263 bits per heavy atom. The summed E-state index contributed by atoms with van der Waals surface area (Å²) in [5.74, 6) is 0. The Hall–Kier alpha value is -7.62. The molecule has 9 aromatic carbocycles. The monoisotopic (exact) mass is 761 g/mol. The number of benzene rings is 9. The van der Waals surface area contributed by atoms with Gasteiger partial charge >= 0.3 is 0 Å². The summed E-state index contributed by atoms with van der Waals surface area (Å²) in [5, 5.41) is -4.22. The van der Waals surface area contributed by atoms with Crippen molar-refractivity contribution in [3.63, 3.8) is 0 Å². The number of nitrogens with zero attached hydrogens (tertiary/aromatic N) is 3. The molecule has 0 aliphatic carbocycles. The number of para-hydroxylation sites is 5. The van der Waals surface area contributed by atoms with E-state index in [2.05, 4.69) is 0 Å². The van der Waals surface area contributed by atoms with Crippen molar-refractivity contribution in [2.24, 2.45) is 0 Å². The Balaban J connectivity index is 1.42. The smallest absolute Gasteiger partial charge is 0.0782 e. The molecule has 0 saturated heterocycles. The van der Waals surface area contributed by atoms with Crippen LogP contribution in [0.15, 0.2) is 211 Å². The van der Waals surface area contributed by atoms with Crippen molar-refractivity contribution < 1.29 is 48.0 Å². The van der Waals surface area contributed by atoms with Gasteiger partial charge in [0.15, 0.2) is 0 Å². The van der Waals surface area contributed by atoms with Gasteiger partial charge in [-0.3, -0.25) is 0 Å². The van der Waals surface area contributed by atoms with E-state index >= 15 is 0 Å². The number of aromatic nitrogens is 3. The van der Waals surface area contributed by atoms with Gasteiger partial charge in [0.2, 0.25) is 0 Å². The van der Waals surface area contributed by atoms with Crippen molar-refractivity contribution in [2.45, 2.75) is 0 Å². The SMILES string of the molecule is [2H]c1c([2H])c([2H])c(-c2c([2H])c(-c3c([2H])c([2H])c([2H])c([2H])c3[2H])c([2H])c(-n3c4c([2H])c([2H])c([2H])c([2H])c4c4c([2H])c([2H])c(-n5c6c([2H])c([2H])c([2H])c([2H])c6c6c([2H])c([2H])c([2H])c(-n7c8c([2H])c([2H])c([2H])c([2H])c8c8c([2H])c([2H])c([2H])c([2H])c87)c65)c([2H])c43)c2[2H])c([2H])c1[2H]. The van der Waals surface area contributed by atoms with Crippen molar-refractivity contribution in [1.82, 2.24) is 13.7 Å². The van der Waals surface area contributed by atoms with Gasteiger partial charge < -0.3 is 13.7 Å². The van der Waals surface area contributed by atoms with Gasteiger partial charge in [-0.25, -0.2) is 0 Å². The van der Waals surface area contributed by atoms with Crippen LogP contribution in [0.4, 0.5) is 0 Å². The van der Waals surface area contributed by atoms with Gasteiger partial charge in [0, 0.05) is 43.7 Å². The van der Waals surface area contributed by atoms with Crippen molar-refractivity contribution in [1.29, 1.82) is 0 Å². The third kappa shape index (κ3) is 4.79. The number of fused-ring (bicyclic) bond motifs is 9. The zero-order chi connectivity index (χ0) is 67.9. The molecule has 0 N–H and O–H groups in total. The molecule has 3 heterocycles. The Morgan fingerprint density at radius 2 is 0.702 bits per heavy atom. The van der Waals surface area contributed by atoms with Crippen LogP contribution in [0.1, 0.15) is 48.0 Å². The highest BCUT2D eigenvalue weighted by Crippen LogP contribution is 2.42. The Morgan fingerprint density at radius 3 is 1.26 bits per heavy atom. The first-order chi connectivity index (χ1) is 42.9. The fourth-order valence-electron chi connectivity index (χ4n) is 6.99. The molecule has 3 heteroatoms. The topological polar surface area (TPSA) is 14.8 Å². The summed E-state index contributed by atoms with van der Waals surface area (Å²) < 4.78 is 324. The van der Waals surface area contributed by atoms with E-state index in [9.17, 15) is 20.6 Å². The molecule has 12 aromatic rings. The van der Waals surface area contributed by atoms with Crippen LogP contribution in [0, 0.1) is 0 Å². The molecule has 3 nitrogen and oxygen atoms in total. The minimum Gasteiger partial charge on any atom is -0.309 e. The first-order valence-electron chi connectivity index (χ1n) is 34.3. The quantitative estimate of drug-likeness (QED) is 0.166. The fourth-order valence-corrected chi connectivity index (χ4v) is 6.99. The minimum absolute atomic E-state index is 0.561. The van der Waals surface area contributed by atoms with E-state index in [1.165, 1.54) is 0 Å². The molecule has 12 rings (SSSR count). The van der Waals surface area contributed by atoms with Crippen molar-refractivity contribution in [3.8, 4) is 39.3 Å². The van der Waals surface area contributed by atoms with E-state index in [4.69, 9.17) is 27.4 Å². The summed E-state index contributed by atoms with van der Waals surface area (Å²) in [4.78, 5) is 0. The van der Waals surface area contributed by atoms with Gasteiger partial charge in [-0.05, 0) is 82.7 Å². The van der Waals surface area contributed by atoms with Crippen LogP contribution in [-0.2, 0) is 0 Å². The molecular weight excluding hydrogens is 691 g/mol. The van der Waals surface area contributed by atoms with Crippen LogP contribution >= 0.6 is 0 Å². The molecule has 0 aliphatic heterocycles. The predicted molar refractivity (Wildman–Crippen MR) is 240 cm³/mol. The Labute approximate surface area is 378 Å². The molecule has 0 unspecified atom stereocenters. The van der Waals surface area contributed by atoms with Crippen LogP contribution in [0.2, 0.25) is 0 Å². The number of rotatable bonds is 5. The average molecular weight is 761 g/mol. The maximum absolute atomic E-state index is 10.6. The second-order valence-corrected chi connectivity index (χ2v) is 12.3. The summed E-state index contributed by atoms with van der Waals surface area (Å²) in [6.07, 6.45) is 0. The molecule has 0 spiro atoms. The number of hydrogen-bond donors (Lipinski definition) is 0. The van der Waals surface area contributed by atoms with Gasteiger partial charge in [0.25, 0.3) is 0 Å². The van der Waals surface area contributed by atoms with Gasteiger partial charge in [0.05, 0.1) is 86.8 Å². The van der Waals surface area contributed by atoms with Gasteiger partial charge in [0.1, 0.15) is 0 Å². The van der Waals surface area contributed by atoms with Crippen molar-refractivity contribution in [2.75, 3.05) is 0 Å². The average Bonchev–Trinajstić information content (AvgIpc) is 1.51. The largest absolute Gasteiger partial charge is 0.309 e. The molecule has 0 amide bonds. The van der Waals surface area contributed by atoms with E-state index < -0.39 is 316 Å². The zero-order valence-electron chi connectivity index (χ0n) is 63.3. The lowest BCUT2D eigenvalue weighted by atomic mass is 9.98. The molecule has 0 aliphatic rings. The molecule has 3 aromatic heterocycles. The normalized spacial score (nSPS) is 20.5. The number of hydrogen-bond acceptors (Lipinski definition) is 0. The van der Waals surface area contributed by atoms with Crippen LogP contribution in [0.25, 0.3) is 105 Å². The summed E-state index contributed by atoms with van der Waals surface area (Å²) in [6, 6.07) is -37.0. The first-order valence-corrected chi connectivity index (χ1v) is 16.8. The van der Waals surface area contributed by atoms with Crippen LogP contribution in [0.3, 0.4) is 0 Å². The van der Waals surface area contributed by atoms with E-state index in [0.29, 0.717) is 13.7 Å². The molecule has 0 atom stereocenters. The van der Waals surface area contributed by atoms with Gasteiger partial charge in [-0.1, -0.05) is 151 Å². The second-order valence-electron chi connectivity index (χ2n) is 12.3. The third-order valence-corrected chi connectivity index (χ3v) is 9.28. The fraction of sp³-hybridized carbons (Fsp3) is 0. The molecular formula is C54H35N3. The van der Waals surface area contributed by atoms with Crippen molar-refractivity contribution >= 4 is 65.4 Å². The molecule has 0 saturated carbocycles. The zero-order valence-corrected chi connectivity index (χ0v) is 28.3. The summed E-state index contributed by atoms with van der Waals surface area (Å²) in [7, 11) is 0. The minimum atomic E-state index is -1.25. The summed E-state index contributed by atoms with van der Waals surface area (Å²) in [6.45, 7) is 0. The summed E-state index contributed by atoms with van der Waals surface area (Å²) in [5.41, 5.74) is -12.1. The molecule has 57 heavy (non-hydrogen) atoms. The molecule has 0 bridgehead atoms. The summed E-state index contributed by atoms with van der Waals surface area (Å²) >= 11 is 0. The Kier molecular flexibility index (Phi) is 2.78. The second kappa shape index (κ2) is 12.5. The maximum Gasteiger partial charge on any atom is 0.0782 e. The highest BCUT2D eigenvalue weighted by Gasteiger charge is 2.21. The highest BCUT2D eigenvalue weighted by atomic mass is 15.1. The van der Waals surface area contributed by atoms with E-state index in [1.807, 2.05) is 0 Å². The van der Waals surface area contributed by atoms with Crippen LogP contribution in [0.5, 0.6) is 0 Å². The lowest BCUT2D eigenvalue weighted by molar-refractivity contribution is 1.13. The van der Waals surface area contributed by atoms with Gasteiger partial charge in [-0.15, -0.1) is 0 Å². The Bertz CT molecular complexity index is 5350. The third-order valence-electron chi connectivity index (χ3n) is 9.28. The highest BCUT2D eigenvalue weighted by molar-refractivity contribution is 6.16. The maximum atomic E-state index is 10.6. The predicted octanol–water partition coefficient (Wildman–Crippen LogP) is 14.3. The van der Waals surface area contributed by atoms with Crippen molar-refractivity contribution in [3.05, 3.63) is 211 Å². The molecule has 0 fully saturated rings. The molecule has 266 valence electrons. The standard InChI is InChI=1S/C54H35N3/c1-3-16-36(17-4-1)38-32-39(37-18-5-2-6-19-37)34-41(33-38)55-48-25-11-7-22-44(48)46-31-30-40(35-53(46)55)56-49-26-12-10-23-45(49)47-24-15-29-52(54(47)56)57-50-27-13-8-20-42(50)43-21-9-14-28-51(43)57/h1-35H/i1D,2D,3D,4D,5D,6D,7D,8D,9D,10D,11D,12D,13D,14D,15D,16D,17D,18D,19D,20D,21D,22D,23D,24D,25D,26D,27D,28D,29D,30D,31D,32D,33D,34D,35D. The van der Waals surface area contributed by atoms with Gasteiger partial charge in [-0.2, -0.15) is 0 Å². The van der Waals surface area contributed by atoms with E-state index in [0.717, 1.165) is 0 Å². The lowest BCUT2D eigenvalue weighted by Gasteiger charge is -2.16. The lowest BCUT2D eigenvalue weighted by Crippen LogP contribution is -2.01. The van der Waals surface area contributed by atoms with Crippen LogP contribution in [-0.4, -0.2) is 13.7 Å². The molecule has 0 radical (unpaired) electrons. The van der Waals surface area contributed by atoms with Crippen LogP contribution < -0.4 is 0 Å². The first kappa shape index (κ1) is 12.7. The van der Waals surface area contributed by atoms with E-state index in [1.54, 1.807) is 0 Å². The van der Waals surface area contributed by atoms with E-state index in [-0.39, 0.29) is 0 Å².